The van der Waals surface area contributed by atoms with Crippen LogP contribution in [0.1, 0.15) is 38.7 Å². The quantitative estimate of drug-likeness (QED) is 0.704. The van der Waals surface area contributed by atoms with Crippen LogP contribution in [-0.2, 0) is 23.9 Å². The Hall–Kier alpha value is -2.83. The van der Waals surface area contributed by atoms with Crippen LogP contribution in [0.4, 0.5) is 0 Å². The molecule has 1 aromatic carbocycles. The minimum absolute atomic E-state index is 0.0547. The summed E-state index contributed by atoms with van der Waals surface area (Å²) in [4.78, 5) is 39.4. The molecule has 7 nitrogen and oxygen atoms in total. The fourth-order valence-electron chi connectivity index (χ4n) is 2.91. The number of aromatic nitrogens is 1. The summed E-state index contributed by atoms with van der Waals surface area (Å²) >= 11 is 0. The molecule has 0 aliphatic rings. The van der Waals surface area contributed by atoms with Crippen molar-refractivity contribution in [3.63, 3.8) is 0 Å². The Balaban J connectivity index is 2.38. The molecule has 0 spiro atoms. The highest BCUT2D eigenvalue weighted by Crippen LogP contribution is 2.30. The number of hydrogen-bond donors (Lipinski definition) is 2. The summed E-state index contributed by atoms with van der Waals surface area (Å²) < 4.78 is 10.2. The molecule has 0 saturated heterocycles. The van der Waals surface area contributed by atoms with Crippen molar-refractivity contribution < 1.29 is 23.9 Å². The molecule has 0 aliphatic heterocycles. The van der Waals surface area contributed by atoms with Gasteiger partial charge in [-0.1, -0.05) is 18.2 Å². The van der Waals surface area contributed by atoms with Gasteiger partial charge in [0.2, 0.25) is 5.91 Å². The molecule has 2 aromatic rings. The third-order valence-electron chi connectivity index (χ3n) is 3.99. The van der Waals surface area contributed by atoms with Gasteiger partial charge in [0.25, 0.3) is 0 Å². The van der Waals surface area contributed by atoms with Crippen molar-refractivity contribution in [2.75, 3.05) is 13.2 Å². The molecule has 2 unspecified atom stereocenters. The number of esters is 2. The summed E-state index contributed by atoms with van der Waals surface area (Å²) in [7, 11) is 0. The van der Waals surface area contributed by atoms with Crippen LogP contribution < -0.4 is 5.32 Å². The number of hydrogen-bond acceptors (Lipinski definition) is 5. The number of ether oxygens (including phenoxy) is 2. The molecule has 1 heterocycles. The molecule has 7 heteroatoms. The summed E-state index contributed by atoms with van der Waals surface area (Å²) in [6.45, 7) is 5.14. The number of rotatable bonds is 8. The first-order valence-electron chi connectivity index (χ1n) is 8.64. The molecular formula is C19H24N2O5. The van der Waals surface area contributed by atoms with Gasteiger partial charge in [0.15, 0.2) is 0 Å². The Morgan fingerprint density at radius 2 is 1.73 bits per heavy atom. The summed E-state index contributed by atoms with van der Waals surface area (Å²) in [5.74, 6) is -2.11. The van der Waals surface area contributed by atoms with Gasteiger partial charge in [-0.3, -0.25) is 9.59 Å². The second kappa shape index (κ2) is 9.03. The first kappa shape index (κ1) is 19.5. The van der Waals surface area contributed by atoms with E-state index in [0.717, 1.165) is 16.5 Å². The van der Waals surface area contributed by atoms with Gasteiger partial charge in [-0.05, 0) is 31.9 Å². The fraction of sp³-hybridized carbons (Fsp3) is 0.421. The topological polar surface area (TPSA) is 97.5 Å². The molecular weight excluding hydrogens is 336 g/mol. The predicted octanol–water partition coefficient (Wildman–Crippen LogP) is 2.27. The zero-order valence-corrected chi connectivity index (χ0v) is 15.2. The van der Waals surface area contributed by atoms with E-state index in [4.69, 9.17) is 9.47 Å². The van der Waals surface area contributed by atoms with E-state index in [2.05, 4.69) is 10.3 Å². The van der Waals surface area contributed by atoms with Crippen LogP contribution in [0, 0.1) is 0 Å². The minimum atomic E-state index is -0.935. The molecule has 2 N–H and O–H groups in total. The van der Waals surface area contributed by atoms with Gasteiger partial charge >= 0.3 is 11.9 Å². The lowest BCUT2D eigenvalue weighted by molar-refractivity contribution is -0.149. The van der Waals surface area contributed by atoms with E-state index >= 15 is 0 Å². The summed E-state index contributed by atoms with van der Waals surface area (Å²) in [5.41, 5.74) is 1.60. The van der Waals surface area contributed by atoms with Crippen LogP contribution in [0.15, 0.2) is 30.5 Å². The molecule has 2 atom stereocenters. The number of para-hydroxylation sites is 1. The lowest BCUT2D eigenvalue weighted by Crippen LogP contribution is -2.42. The van der Waals surface area contributed by atoms with Gasteiger partial charge < -0.3 is 19.8 Å². The van der Waals surface area contributed by atoms with Gasteiger partial charge in [0.05, 0.1) is 19.1 Å². The first-order chi connectivity index (χ1) is 12.5. The molecule has 0 saturated carbocycles. The molecule has 0 radical (unpaired) electrons. The number of fused-ring (bicyclic) bond motifs is 1. The average molecular weight is 360 g/mol. The number of aromatic amines is 1. The van der Waals surface area contributed by atoms with Gasteiger partial charge in [0, 0.05) is 24.0 Å². The Kier molecular flexibility index (Phi) is 6.77. The van der Waals surface area contributed by atoms with Gasteiger partial charge in [-0.2, -0.15) is 0 Å². The summed E-state index contributed by atoms with van der Waals surface area (Å²) in [6.07, 6.45) is 1.79. The zero-order valence-electron chi connectivity index (χ0n) is 15.2. The highest BCUT2D eigenvalue weighted by atomic mass is 16.5. The van der Waals surface area contributed by atoms with Crippen LogP contribution in [0.3, 0.4) is 0 Å². The molecule has 0 bridgehead atoms. The van der Waals surface area contributed by atoms with Crippen LogP contribution in [-0.4, -0.2) is 42.1 Å². The van der Waals surface area contributed by atoms with Crippen molar-refractivity contribution in [1.82, 2.24) is 10.3 Å². The SMILES string of the molecule is CCOC(=O)C(CC(C(=O)OCC)c1c[nH]c2ccccc12)NC(C)=O. The maximum Gasteiger partial charge on any atom is 0.328 e. The maximum atomic E-state index is 12.6. The van der Waals surface area contributed by atoms with E-state index in [9.17, 15) is 14.4 Å². The van der Waals surface area contributed by atoms with Crippen LogP contribution in [0.5, 0.6) is 0 Å². The van der Waals surface area contributed by atoms with E-state index in [1.165, 1.54) is 6.92 Å². The lowest BCUT2D eigenvalue weighted by atomic mass is 9.91. The van der Waals surface area contributed by atoms with E-state index in [1.807, 2.05) is 24.3 Å². The Bertz CT molecular complexity index is 783. The highest BCUT2D eigenvalue weighted by Gasteiger charge is 2.32. The van der Waals surface area contributed by atoms with Crippen LogP contribution in [0.25, 0.3) is 10.9 Å². The maximum absolute atomic E-state index is 12.6. The highest BCUT2D eigenvalue weighted by molar-refractivity contribution is 5.91. The van der Waals surface area contributed by atoms with Crippen molar-refractivity contribution in [2.45, 2.75) is 39.2 Å². The van der Waals surface area contributed by atoms with Crippen molar-refractivity contribution in [3.05, 3.63) is 36.0 Å². The Morgan fingerprint density at radius 3 is 2.38 bits per heavy atom. The van der Waals surface area contributed by atoms with Gasteiger partial charge in [0.1, 0.15) is 6.04 Å². The Morgan fingerprint density at radius 1 is 1.08 bits per heavy atom. The predicted molar refractivity (Wildman–Crippen MR) is 96.5 cm³/mol. The second-order valence-corrected chi connectivity index (χ2v) is 5.84. The van der Waals surface area contributed by atoms with Gasteiger partial charge in [-0.15, -0.1) is 0 Å². The second-order valence-electron chi connectivity index (χ2n) is 5.84. The molecule has 140 valence electrons. The van der Waals surface area contributed by atoms with Crippen molar-refractivity contribution in [3.8, 4) is 0 Å². The van der Waals surface area contributed by atoms with Crippen molar-refractivity contribution in [1.29, 1.82) is 0 Å². The third kappa shape index (κ3) is 4.62. The number of benzene rings is 1. The molecule has 26 heavy (non-hydrogen) atoms. The monoisotopic (exact) mass is 360 g/mol. The standard InChI is InChI=1S/C19H24N2O5/c1-4-25-18(23)14(10-17(21-12(3)22)19(24)26-5-2)15-11-20-16-9-7-6-8-13(15)16/h6-9,11,14,17,20H,4-5,10H2,1-3H3,(H,21,22). The normalized spacial score (nSPS) is 13.0. The number of nitrogens with one attached hydrogen (secondary N) is 2. The molecule has 0 fully saturated rings. The third-order valence-corrected chi connectivity index (χ3v) is 3.99. The lowest BCUT2D eigenvalue weighted by Gasteiger charge is -2.21. The first-order valence-corrected chi connectivity index (χ1v) is 8.64. The molecule has 1 amide bonds. The van der Waals surface area contributed by atoms with E-state index in [0.29, 0.717) is 0 Å². The van der Waals surface area contributed by atoms with Gasteiger partial charge in [-0.25, -0.2) is 4.79 Å². The minimum Gasteiger partial charge on any atom is -0.466 e. The summed E-state index contributed by atoms with van der Waals surface area (Å²) in [5, 5.41) is 3.44. The number of carbonyl (C=O) groups is 3. The zero-order chi connectivity index (χ0) is 19.1. The largest absolute Gasteiger partial charge is 0.466 e. The fourth-order valence-corrected chi connectivity index (χ4v) is 2.91. The number of H-pyrrole nitrogens is 1. The summed E-state index contributed by atoms with van der Waals surface area (Å²) in [6, 6.07) is 6.62. The van der Waals surface area contributed by atoms with Crippen LogP contribution in [0.2, 0.25) is 0 Å². The number of amides is 1. The van der Waals surface area contributed by atoms with Crippen molar-refractivity contribution >= 4 is 28.7 Å². The molecule has 2 rings (SSSR count). The van der Waals surface area contributed by atoms with E-state index in [-0.39, 0.29) is 25.5 Å². The van der Waals surface area contributed by atoms with Crippen LogP contribution >= 0.6 is 0 Å². The molecule has 0 aliphatic carbocycles. The Labute approximate surface area is 152 Å². The molecule has 1 aromatic heterocycles. The average Bonchev–Trinajstić information content (AvgIpc) is 3.02. The number of carbonyl (C=O) groups excluding carboxylic acids is 3. The van der Waals surface area contributed by atoms with E-state index < -0.39 is 23.9 Å². The van der Waals surface area contributed by atoms with Crippen molar-refractivity contribution in [2.24, 2.45) is 0 Å². The smallest absolute Gasteiger partial charge is 0.328 e. The van der Waals surface area contributed by atoms with E-state index in [1.54, 1.807) is 20.0 Å².